The summed E-state index contributed by atoms with van der Waals surface area (Å²) in [5, 5.41) is 0. The normalized spacial score (nSPS) is 11.5. The highest BCUT2D eigenvalue weighted by molar-refractivity contribution is 9.10. The molecule has 0 amide bonds. The predicted octanol–water partition coefficient (Wildman–Crippen LogP) is 4.85. The lowest BCUT2D eigenvalue weighted by molar-refractivity contribution is -0.116. The van der Waals surface area contributed by atoms with Crippen molar-refractivity contribution in [2.24, 2.45) is 0 Å². The van der Waals surface area contributed by atoms with Crippen LogP contribution in [0.5, 0.6) is 5.75 Å². The number of oxazole rings is 1. The number of methoxy groups -OCH3 is 1. The number of aryl methyl sites for hydroxylation is 3. The summed E-state index contributed by atoms with van der Waals surface area (Å²) in [5.74, 6) is 0.278. The molecule has 0 aliphatic rings. The molecule has 31 heavy (non-hydrogen) atoms. The molecule has 0 unspecified atom stereocenters. The fraction of sp³-hybridized carbons (Fsp3) is 0.304. The number of carbonyl (C=O) groups is 1. The van der Waals surface area contributed by atoms with Crippen LogP contribution in [0.15, 0.2) is 51.4 Å². The van der Waals surface area contributed by atoms with E-state index >= 15 is 0 Å². The van der Waals surface area contributed by atoms with Gasteiger partial charge in [-0.05, 0) is 55.7 Å². The van der Waals surface area contributed by atoms with Crippen LogP contribution in [0.1, 0.15) is 29.0 Å². The number of carbonyl (C=O) groups excluding carboxylic acids is 1. The minimum Gasteiger partial charge on any atom is -0.496 e. The molecule has 0 fully saturated rings. The number of halogens is 1. The average Bonchev–Trinajstić information content (AvgIpc) is 3.05. The van der Waals surface area contributed by atoms with E-state index in [4.69, 9.17) is 9.15 Å². The molecule has 0 radical (unpaired) electrons. The molecule has 0 saturated carbocycles. The van der Waals surface area contributed by atoms with Crippen LogP contribution in [0, 0.1) is 13.8 Å². The number of nitrogens with zero attached hydrogens (tertiary/aromatic N) is 1. The molecule has 164 valence electrons. The zero-order valence-electron chi connectivity index (χ0n) is 17.6. The molecule has 2 aromatic carbocycles. The first kappa shape index (κ1) is 23.2. The van der Waals surface area contributed by atoms with Crippen molar-refractivity contribution < 1.29 is 22.4 Å². The molecule has 0 aliphatic carbocycles. The summed E-state index contributed by atoms with van der Waals surface area (Å²) >= 11 is 3.40. The maximum atomic E-state index is 12.6. The maximum Gasteiger partial charge on any atom is 0.226 e. The van der Waals surface area contributed by atoms with Gasteiger partial charge in [0, 0.05) is 16.5 Å². The molecule has 3 aromatic rings. The molecule has 6 nitrogen and oxygen atoms in total. The van der Waals surface area contributed by atoms with Crippen LogP contribution in [0.4, 0.5) is 0 Å². The van der Waals surface area contributed by atoms with Crippen LogP contribution < -0.4 is 4.74 Å². The molecular formula is C23H24BrNO5S. The third-order valence-electron chi connectivity index (χ3n) is 4.92. The van der Waals surface area contributed by atoms with E-state index in [1.165, 1.54) is 0 Å². The van der Waals surface area contributed by atoms with Gasteiger partial charge >= 0.3 is 0 Å². The number of rotatable bonds is 9. The van der Waals surface area contributed by atoms with Gasteiger partial charge < -0.3 is 9.15 Å². The van der Waals surface area contributed by atoms with Gasteiger partial charge in [-0.1, -0.05) is 34.1 Å². The summed E-state index contributed by atoms with van der Waals surface area (Å²) in [6, 6.07) is 13.1. The highest BCUT2D eigenvalue weighted by atomic mass is 79.9. The molecule has 0 saturated heterocycles. The number of hydrogen-bond donors (Lipinski definition) is 0. The van der Waals surface area contributed by atoms with Gasteiger partial charge in [0.05, 0.1) is 18.6 Å². The zero-order valence-corrected chi connectivity index (χ0v) is 20.0. The van der Waals surface area contributed by atoms with Crippen molar-refractivity contribution in [1.82, 2.24) is 4.98 Å². The Morgan fingerprint density at radius 2 is 1.90 bits per heavy atom. The minimum atomic E-state index is -3.68. The summed E-state index contributed by atoms with van der Waals surface area (Å²) in [5.41, 5.74) is 2.97. The van der Waals surface area contributed by atoms with Gasteiger partial charge in [0.25, 0.3) is 0 Å². The van der Waals surface area contributed by atoms with Crippen LogP contribution >= 0.6 is 15.9 Å². The molecular weight excluding hydrogens is 482 g/mol. The Morgan fingerprint density at radius 3 is 2.61 bits per heavy atom. The first-order valence-corrected chi connectivity index (χ1v) is 12.4. The van der Waals surface area contributed by atoms with Crippen molar-refractivity contribution in [2.45, 2.75) is 32.4 Å². The molecule has 8 heteroatoms. The van der Waals surface area contributed by atoms with Crippen molar-refractivity contribution in [2.75, 3.05) is 12.9 Å². The Hall–Kier alpha value is -2.45. The Bertz CT molecular complexity index is 1200. The van der Waals surface area contributed by atoms with Gasteiger partial charge in [-0.15, -0.1) is 0 Å². The highest BCUT2D eigenvalue weighted by Crippen LogP contribution is 2.26. The number of ether oxygens (including phenoxy) is 1. The number of benzene rings is 2. The van der Waals surface area contributed by atoms with Gasteiger partial charge in [-0.2, -0.15) is 0 Å². The van der Waals surface area contributed by atoms with Crippen LogP contribution in [0.3, 0.4) is 0 Å². The van der Waals surface area contributed by atoms with Crippen LogP contribution in [0.2, 0.25) is 0 Å². The van der Waals surface area contributed by atoms with E-state index < -0.39 is 15.6 Å². The van der Waals surface area contributed by atoms with E-state index in [2.05, 4.69) is 20.9 Å². The van der Waals surface area contributed by atoms with Crippen molar-refractivity contribution in [3.8, 4) is 17.2 Å². The zero-order chi connectivity index (χ0) is 22.6. The van der Waals surface area contributed by atoms with Crippen molar-refractivity contribution in [1.29, 1.82) is 0 Å². The lowest BCUT2D eigenvalue weighted by Gasteiger charge is -2.09. The fourth-order valence-corrected chi connectivity index (χ4v) is 5.11. The molecule has 0 N–H and O–H groups in total. The van der Waals surface area contributed by atoms with Crippen LogP contribution in [-0.2, 0) is 26.8 Å². The summed E-state index contributed by atoms with van der Waals surface area (Å²) in [6.07, 6.45) is 0.510. The number of sulfone groups is 1. The first-order valence-electron chi connectivity index (χ1n) is 9.75. The number of Topliss-reactive ketones (excluding diaryl/α,β-unsaturated/α-hetero) is 1. The lowest BCUT2D eigenvalue weighted by Crippen LogP contribution is -2.18. The summed E-state index contributed by atoms with van der Waals surface area (Å²) in [6.45, 7) is 3.62. The topological polar surface area (TPSA) is 86.5 Å². The summed E-state index contributed by atoms with van der Waals surface area (Å²) < 4.78 is 37.1. The third kappa shape index (κ3) is 6.04. The molecule has 0 spiro atoms. The maximum absolute atomic E-state index is 12.6. The standard InChI is InChI=1S/C23H24BrNO5S/c1-15-6-4-5-7-20(15)23-25-21(16(2)30-23)14-31(27,28)13-19(26)10-8-17-12-18(24)9-11-22(17)29-3/h4-7,9,11-12H,8,10,13-14H2,1-3H3. The molecule has 1 heterocycles. The van der Waals surface area contributed by atoms with Crippen molar-refractivity contribution >= 4 is 31.6 Å². The van der Waals surface area contributed by atoms with Crippen LogP contribution in [0.25, 0.3) is 11.5 Å². The summed E-state index contributed by atoms with van der Waals surface area (Å²) in [7, 11) is -2.12. The quantitative estimate of drug-likeness (QED) is 0.413. The number of hydrogen-bond acceptors (Lipinski definition) is 6. The van der Waals surface area contributed by atoms with Crippen LogP contribution in [-0.4, -0.2) is 32.0 Å². The largest absolute Gasteiger partial charge is 0.496 e. The second-order valence-corrected chi connectivity index (χ2v) is 10.3. The molecule has 1 aromatic heterocycles. The minimum absolute atomic E-state index is 0.109. The molecule has 0 atom stereocenters. The lowest BCUT2D eigenvalue weighted by atomic mass is 10.1. The van der Waals surface area contributed by atoms with Gasteiger partial charge in [0.1, 0.15) is 23.0 Å². The molecule has 0 aliphatic heterocycles. The average molecular weight is 506 g/mol. The monoisotopic (exact) mass is 505 g/mol. The molecule has 3 rings (SSSR count). The molecule has 0 bridgehead atoms. The number of aromatic nitrogens is 1. The second-order valence-electron chi connectivity index (χ2n) is 7.36. The number of ketones is 1. The summed E-state index contributed by atoms with van der Waals surface area (Å²) in [4.78, 5) is 16.8. The van der Waals surface area contributed by atoms with Crippen molar-refractivity contribution in [3.05, 3.63) is 69.5 Å². The van der Waals surface area contributed by atoms with E-state index in [1.807, 2.05) is 43.3 Å². The van der Waals surface area contributed by atoms with Crippen molar-refractivity contribution in [3.63, 3.8) is 0 Å². The van der Waals surface area contributed by atoms with Gasteiger partial charge in [-0.25, -0.2) is 13.4 Å². The van der Waals surface area contributed by atoms with Gasteiger partial charge in [-0.3, -0.25) is 4.79 Å². The first-order chi connectivity index (χ1) is 14.7. The van der Waals surface area contributed by atoms with E-state index in [1.54, 1.807) is 20.1 Å². The second kappa shape index (κ2) is 9.78. The van der Waals surface area contributed by atoms with E-state index in [-0.39, 0.29) is 18.0 Å². The van der Waals surface area contributed by atoms with E-state index in [0.717, 1.165) is 21.2 Å². The van der Waals surface area contributed by atoms with E-state index in [9.17, 15) is 13.2 Å². The highest BCUT2D eigenvalue weighted by Gasteiger charge is 2.22. The van der Waals surface area contributed by atoms with Gasteiger partial charge in [0.15, 0.2) is 9.84 Å². The predicted molar refractivity (Wildman–Crippen MR) is 123 cm³/mol. The Balaban J connectivity index is 1.66. The Labute approximate surface area is 190 Å². The van der Waals surface area contributed by atoms with Gasteiger partial charge in [0.2, 0.25) is 5.89 Å². The Kier molecular flexibility index (Phi) is 7.33. The third-order valence-corrected chi connectivity index (χ3v) is 6.89. The SMILES string of the molecule is COc1ccc(Br)cc1CCC(=O)CS(=O)(=O)Cc1nc(-c2ccccc2C)oc1C. The fourth-order valence-electron chi connectivity index (χ4n) is 3.28. The Morgan fingerprint density at radius 1 is 1.16 bits per heavy atom. The van der Waals surface area contributed by atoms with E-state index in [0.29, 0.717) is 29.5 Å². The smallest absolute Gasteiger partial charge is 0.226 e.